The average molecular weight is 270 g/mol. The molecule has 1 aliphatic rings. The lowest BCUT2D eigenvalue weighted by molar-refractivity contribution is 0.0996. The Kier molecular flexibility index (Phi) is 6.24. The molecular weight excluding hydrogens is 248 g/mol. The second-order valence-corrected chi connectivity index (χ2v) is 5.34. The highest BCUT2D eigenvalue weighted by molar-refractivity contribution is 7.07. The van der Waals surface area contributed by atoms with Gasteiger partial charge in [-0.1, -0.05) is 0 Å². The molecule has 6 heteroatoms. The summed E-state index contributed by atoms with van der Waals surface area (Å²) in [5, 5.41) is 4.99. The van der Waals surface area contributed by atoms with Crippen LogP contribution in [0.1, 0.15) is 31.3 Å². The molecule has 0 spiro atoms. The fourth-order valence-corrected chi connectivity index (χ4v) is 2.50. The van der Waals surface area contributed by atoms with Gasteiger partial charge in [-0.3, -0.25) is 9.69 Å². The lowest BCUT2D eigenvalue weighted by Crippen LogP contribution is -2.52. The van der Waals surface area contributed by atoms with Gasteiger partial charge >= 0.3 is 0 Å². The standard InChI is InChI=1S/C8H18N2.C4H4N2OS/c1-7(2)10-5-4-9-6-8(10)3;5-4(7)3-1-8-2-6-3/h7-9H,4-6H2,1-3H3;1-2H,(H2,5,7). The predicted molar refractivity (Wildman–Crippen MR) is 74.8 cm³/mol. The van der Waals surface area contributed by atoms with Gasteiger partial charge in [0.2, 0.25) is 0 Å². The van der Waals surface area contributed by atoms with E-state index >= 15 is 0 Å². The summed E-state index contributed by atoms with van der Waals surface area (Å²) in [5.41, 5.74) is 6.78. The highest BCUT2D eigenvalue weighted by Gasteiger charge is 2.19. The summed E-state index contributed by atoms with van der Waals surface area (Å²) in [4.78, 5) is 16.4. The molecule has 102 valence electrons. The molecule has 1 aromatic rings. The number of piperazine rings is 1. The molecule has 1 saturated heterocycles. The van der Waals surface area contributed by atoms with E-state index in [4.69, 9.17) is 5.73 Å². The van der Waals surface area contributed by atoms with Crippen LogP contribution < -0.4 is 11.1 Å². The van der Waals surface area contributed by atoms with Crippen molar-refractivity contribution in [2.45, 2.75) is 32.9 Å². The molecule has 0 radical (unpaired) electrons. The Bertz CT molecular complexity index is 353. The van der Waals surface area contributed by atoms with Crippen LogP contribution in [0.15, 0.2) is 10.9 Å². The van der Waals surface area contributed by atoms with Gasteiger partial charge in [0.1, 0.15) is 5.69 Å². The molecule has 1 atom stereocenters. The Morgan fingerprint density at radius 1 is 1.67 bits per heavy atom. The Hall–Kier alpha value is -0.980. The SMILES string of the molecule is CC(C)N1CCNCC1C.NC(=O)c1cscn1. The first-order chi connectivity index (χ1) is 8.52. The number of thiazole rings is 1. The summed E-state index contributed by atoms with van der Waals surface area (Å²) in [6.45, 7) is 10.3. The second kappa shape index (κ2) is 7.45. The van der Waals surface area contributed by atoms with Gasteiger partial charge in [-0.2, -0.15) is 0 Å². The summed E-state index contributed by atoms with van der Waals surface area (Å²) >= 11 is 1.36. The topological polar surface area (TPSA) is 71.2 Å². The van der Waals surface area contributed by atoms with Crippen LogP contribution in [0.5, 0.6) is 0 Å². The van der Waals surface area contributed by atoms with Crippen molar-refractivity contribution in [2.75, 3.05) is 19.6 Å². The summed E-state index contributed by atoms with van der Waals surface area (Å²) in [5.74, 6) is -0.466. The monoisotopic (exact) mass is 270 g/mol. The van der Waals surface area contributed by atoms with Gasteiger partial charge in [-0.15, -0.1) is 11.3 Å². The number of rotatable bonds is 2. The zero-order valence-corrected chi connectivity index (χ0v) is 12.0. The van der Waals surface area contributed by atoms with Gasteiger partial charge in [0.05, 0.1) is 5.51 Å². The van der Waals surface area contributed by atoms with Crippen molar-refractivity contribution in [1.82, 2.24) is 15.2 Å². The molecule has 2 heterocycles. The van der Waals surface area contributed by atoms with E-state index in [1.165, 1.54) is 17.9 Å². The van der Waals surface area contributed by atoms with Gasteiger partial charge in [0.25, 0.3) is 5.91 Å². The Morgan fingerprint density at radius 3 is 2.72 bits per heavy atom. The molecule has 0 bridgehead atoms. The van der Waals surface area contributed by atoms with Crippen molar-refractivity contribution < 1.29 is 4.79 Å². The molecule has 18 heavy (non-hydrogen) atoms. The lowest BCUT2D eigenvalue weighted by atomic mass is 10.2. The van der Waals surface area contributed by atoms with Crippen molar-refractivity contribution >= 4 is 17.2 Å². The molecule has 1 aromatic heterocycles. The van der Waals surface area contributed by atoms with E-state index in [0.29, 0.717) is 17.8 Å². The first-order valence-electron chi connectivity index (χ1n) is 6.16. The van der Waals surface area contributed by atoms with Crippen LogP contribution >= 0.6 is 11.3 Å². The summed E-state index contributed by atoms with van der Waals surface area (Å²) < 4.78 is 0. The van der Waals surface area contributed by atoms with Crippen LogP contribution in [0.4, 0.5) is 0 Å². The minimum absolute atomic E-state index is 0.343. The maximum atomic E-state index is 10.2. The number of hydrogen-bond donors (Lipinski definition) is 2. The average Bonchev–Trinajstić information content (AvgIpc) is 2.83. The molecule has 1 unspecified atom stereocenters. The van der Waals surface area contributed by atoms with Crippen molar-refractivity contribution in [1.29, 1.82) is 0 Å². The molecule has 1 aliphatic heterocycles. The highest BCUT2D eigenvalue weighted by Crippen LogP contribution is 2.06. The molecule has 0 saturated carbocycles. The first-order valence-corrected chi connectivity index (χ1v) is 7.11. The second-order valence-electron chi connectivity index (χ2n) is 4.62. The molecule has 2 rings (SSSR count). The van der Waals surface area contributed by atoms with Gasteiger partial charge in [0, 0.05) is 37.1 Å². The lowest BCUT2D eigenvalue weighted by Gasteiger charge is -2.36. The molecule has 1 amide bonds. The molecule has 5 nitrogen and oxygen atoms in total. The quantitative estimate of drug-likeness (QED) is 0.838. The number of amides is 1. The summed E-state index contributed by atoms with van der Waals surface area (Å²) in [6, 6.07) is 1.42. The van der Waals surface area contributed by atoms with E-state index in [2.05, 4.69) is 36.0 Å². The van der Waals surface area contributed by atoms with Gasteiger partial charge in [0.15, 0.2) is 0 Å². The Morgan fingerprint density at radius 2 is 2.39 bits per heavy atom. The van der Waals surface area contributed by atoms with Crippen molar-refractivity contribution in [2.24, 2.45) is 5.73 Å². The number of nitrogens with zero attached hydrogens (tertiary/aromatic N) is 2. The van der Waals surface area contributed by atoms with E-state index in [1.54, 1.807) is 10.9 Å². The Balaban J connectivity index is 0.000000184. The number of carbonyl (C=O) groups excluding carboxylic acids is 1. The first kappa shape index (κ1) is 15.1. The normalized spacial score (nSPS) is 20.3. The zero-order valence-electron chi connectivity index (χ0n) is 11.2. The number of nitrogens with one attached hydrogen (secondary N) is 1. The fraction of sp³-hybridized carbons (Fsp3) is 0.667. The smallest absolute Gasteiger partial charge is 0.268 e. The number of nitrogens with two attached hydrogens (primary N) is 1. The maximum Gasteiger partial charge on any atom is 0.268 e. The van der Waals surface area contributed by atoms with Gasteiger partial charge in [-0.05, 0) is 20.8 Å². The van der Waals surface area contributed by atoms with Crippen molar-refractivity contribution in [3.63, 3.8) is 0 Å². The van der Waals surface area contributed by atoms with Crippen LogP contribution in [0.2, 0.25) is 0 Å². The van der Waals surface area contributed by atoms with Gasteiger partial charge < -0.3 is 11.1 Å². The number of primary amides is 1. The Labute approximate surface area is 112 Å². The minimum atomic E-state index is -0.466. The van der Waals surface area contributed by atoms with Gasteiger partial charge in [-0.25, -0.2) is 4.98 Å². The van der Waals surface area contributed by atoms with Crippen molar-refractivity contribution in [3.05, 3.63) is 16.6 Å². The van der Waals surface area contributed by atoms with Crippen LogP contribution in [0.25, 0.3) is 0 Å². The van der Waals surface area contributed by atoms with Crippen LogP contribution in [-0.4, -0.2) is 47.5 Å². The van der Waals surface area contributed by atoms with Crippen molar-refractivity contribution in [3.8, 4) is 0 Å². The maximum absolute atomic E-state index is 10.2. The number of carbonyl (C=O) groups is 1. The van der Waals surface area contributed by atoms with E-state index in [-0.39, 0.29) is 0 Å². The third-order valence-corrected chi connectivity index (χ3v) is 3.49. The largest absolute Gasteiger partial charge is 0.364 e. The highest BCUT2D eigenvalue weighted by atomic mass is 32.1. The molecule has 1 fully saturated rings. The zero-order chi connectivity index (χ0) is 13.5. The summed E-state index contributed by atoms with van der Waals surface area (Å²) in [7, 11) is 0. The molecule has 0 aliphatic carbocycles. The fourth-order valence-electron chi connectivity index (χ4n) is 1.96. The van der Waals surface area contributed by atoms with E-state index in [1.807, 2.05) is 0 Å². The predicted octanol–water partition coefficient (Wildman–Crippen LogP) is 0.931. The van der Waals surface area contributed by atoms with E-state index in [0.717, 1.165) is 13.1 Å². The number of aromatic nitrogens is 1. The van der Waals surface area contributed by atoms with Crippen LogP contribution in [0, 0.1) is 0 Å². The molecular formula is C12H22N4OS. The van der Waals surface area contributed by atoms with Crippen LogP contribution in [-0.2, 0) is 0 Å². The number of hydrogen-bond acceptors (Lipinski definition) is 5. The van der Waals surface area contributed by atoms with Crippen LogP contribution in [0.3, 0.4) is 0 Å². The van der Waals surface area contributed by atoms with E-state index < -0.39 is 5.91 Å². The van der Waals surface area contributed by atoms with E-state index in [9.17, 15) is 4.79 Å². The minimum Gasteiger partial charge on any atom is -0.364 e. The third-order valence-electron chi connectivity index (χ3n) is 2.90. The molecule has 3 N–H and O–H groups in total. The summed E-state index contributed by atoms with van der Waals surface area (Å²) in [6.07, 6.45) is 0. The third kappa shape index (κ3) is 4.72. The molecule has 0 aromatic carbocycles.